The van der Waals surface area contributed by atoms with Crippen LogP contribution in [0.15, 0.2) is 17.0 Å². The van der Waals surface area contributed by atoms with E-state index in [2.05, 4.69) is 6.92 Å². The molecule has 0 aliphatic carbocycles. The Morgan fingerprint density at radius 3 is 2.53 bits per heavy atom. The van der Waals surface area contributed by atoms with E-state index in [4.69, 9.17) is 23.2 Å². The minimum Gasteiger partial charge on any atom is -0.207 e. The lowest BCUT2D eigenvalue weighted by atomic mass is 10.0. The van der Waals surface area contributed by atoms with Crippen molar-refractivity contribution in [3.05, 3.63) is 27.7 Å². The van der Waals surface area contributed by atoms with Crippen LogP contribution in [0.3, 0.4) is 0 Å². The second kappa shape index (κ2) is 5.60. The molecule has 1 atom stereocenters. The summed E-state index contributed by atoms with van der Waals surface area (Å²) in [6.07, 6.45) is 1.98. The summed E-state index contributed by atoms with van der Waals surface area (Å²) in [5.74, 6) is 0.395. The van der Waals surface area contributed by atoms with Crippen molar-refractivity contribution in [3.8, 4) is 0 Å². The molecule has 0 radical (unpaired) electrons. The first-order valence-electron chi connectivity index (χ1n) is 6.28. The van der Waals surface area contributed by atoms with Gasteiger partial charge in [0.1, 0.15) is 0 Å². The first-order chi connectivity index (χ1) is 8.82. The summed E-state index contributed by atoms with van der Waals surface area (Å²) in [6, 6.07) is 3.05. The summed E-state index contributed by atoms with van der Waals surface area (Å²) in [7, 11) is -3.47. The van der Waals surface area contributed by atoms with E-state index in [-0.39, 0.29) is 9.92 Å². The van der Waals surface area contributed by atoms with Crippen molar-refractivity contribution in [2.24, 2.45) is 5.92 Å². The molecule has 0 amide bonds. The highest BCUT2D eigenvalue weighted by molar-refractivity contribution is 7.89. The number of halogens is 2. The van der Waals surface area contributed by atoms with Gasteiger partial charge < -0.3 is 0 Å². The number of aryl methyl sites for hydroxylation is 1. The maximum Gasteiger partial charge on any atom is 0.243 e. The maximum atomic E-state index is 12.6. The summed E-state index contributed by atoms with van der Waals surface area (Å²) in [5.41, 5.74) is 0.632. The molecule has 0 N–H and O–H groups in total. The Bertz CT molecular complexity index is 587. The lowest BCUT2D eigenvalue weighted by molar-refractivity contribution is 0.281. The van der Waals surface area contributed by atoms with Crippen LogP contribution in [0.1, 0.15) is 25.3 Å². The van der Waals surface area contributed by atoms with Crippen molar-refractivity contribution in [3.63, 3.8) is 0 Å². The van der Waals surface area contributed by atoms with Gasteiger partial charge in [0, 0.05) is 13.1 Å². The number of hydrogen-bond donors (Lipinski definition) is 0. The van der Waals surface area contributed by atoms with E-state index in [0.717, 1.165) is 12.8 Å². The van der Waals surface area contributed by atoms with E-state index in [1.807, 2.05) is 0 Å². The fourth-order valence-electron chi connectivity index (χ4n) is 2.41. The number of sulfonamides is 1. The molecule has 1 aliphatic heterocycles. The maximum absolute atomic E-state index is 12.6. The van der Waals surface area contributed by atoms with Gasteiger partial charge in [-0.1, -0.05) is 30.1 Å². The van der Waals surface area contributed by atoms with Crippen molar-refractivity contribution in [1.82, 2.24) is 4.31 Å². The smallest absolute Gasteiger partial charge is 0.207 e. The predicted molar refractivity (Wildman–Crippen MR) is 78.4 cm³/mol. The van der Waals surface area contributed by atoms with Crippen LogP contribution in [0.4, 0.5) is 0 Å². The number of nitrogens with zero attached hydrogens (tertiary/aromatic N) is 1. The monoisotopic (exact) mass is 321 g/mol. The van der Waals surface area contributed by atoms with Crippen molar-refractivity contribution in [2.45, 2.75) is 31.6 Å². The molecule has 1 heterocycles. The van der Waals surface area contributed by atoms with E-state index in [9.17, 15) is 8.42 Å². The third-order valence-corrected chi connectivity index (χ3v) is 6.18. The lowest BCUT2D eigenvalue weighted by Gasteiger charge is -2.30. The molecular weight excluding hydrogens is 305 g/mol. The second-order valence-electron chi connectivity index (χ2n) is 5.14. The molecule has 1 aliphatic rings. The molecule has 1 aromatic carbocycles. The Morgan fingerprint density at radius 1 is 1.26 bits per heavy atom. The zero-order valence-electron chi connectivity index (χ0n) is 11.0. The summed E-state index contributed by atoms with van der Waals surface area (Å²) in [5, 5.41) is 0.654. The van der Waals surface area contributed by atoms with Gasteiger partial charge in [0.25, 0.3) is 0 Å². The second-order valence-corrected chi connectivity index (χ2v) is 7.86. The number of piperidine rings is 1. The third-order valence-electron chi connectivity index (χ3n) is 3.46. The fraction of sp³-hybridized carbons (Fsp3) is 0.538. The van der Waals surface area contributed by atoms with Gasteiger partial charge in [-0.15, -0.1) is 0 Å². The van der Waals surface area contributed by atoms with Crippen LogP contribution >= 0.6 is 23.2 Å². The van der Waals surface area contributed by atoms with Crippen LogP contribution in [0.2, 0.25) is 10.0 Å². The molecule has 19 heavy (non-hydrogen) atoms. The van der Waals surface area contributed by atoms with E-state index >= 15 is 0 Å². The number of rotatable bonds is 2. The van der Waals surface area contributed by atoms with Gasteiger partial charge in [0.2, 0.25) is 10.0 Å². The molecule has 1 unspecified atom stereocenters. The van der Waals surface area contributed by atoms with Crippen molar-refractivity contribution < 1.29 is 8.42 Å². The molecule has 3 nitrogen and oxygen atoms in total. The van der Waals surface area contributed by atoms with E-state index < -0.39 is 10.0 Å². The molecule has 6 heteroatoms. The van der Waals surface area contributed by atoms with Crippen LogP contribution in [-0.4, -0.2) is 25.8 Å². The minimum atomic E-state index is -3.47. The Labute approximate surface area is 124 Å². The zero-order valence-corrected chi connectivity index (χ0v) is 13.3. The van der Waals surface area contributed by atoms with Crippen LogP contribution < -0.4 is 0 Å². The van der Waals surface area contributed by atoms with Crippen LogP contribution in [0.5, 0.6) is 0 Å². The van der Waals surface area contributed by atoms with Gasteiger partial charge in [0.15, 0.2) is 0 Å². The molecule has 106 valence electrons. The Balaban J connectivity index is 2.42. The van der Waals surface area contributed by atoms with Crippen LogP contribution in [0, 0.1) is 12.8 Å². The summed E-state index contributed by atoms with van der Waals surface area (Å²) in [4.78, 5) is 0.260. The van der Waals surface area contributed by atoms with Gasteiger partial charge in [-0.3, -0.25) is 0 Å². The molecule has 1 fully saturated rings. The summed E-state index contributed by atoms with van der Waals surface area (Å²) in [6.45, 7) is 4.96. The Hall–Kier alpha value is -0.290. The van der Waals surface area contributed by atoms with E-state index in [1.165, 1.54) is 6.07 Å². The first kappa shape index (κ1) is 15.1. The summed E-state index contributed by atoms with van der Waals surface area (Å²) >= 11 is 11.8. The average Bonchev–Trinajstić information content (AvgIpc) is 2.33. The zero-order chi connectivity index (χ0) is 14.2. The molecule has 1 aromatic rings. The minimum absolute atomic E-state index is 0.260. The largest absolute Gasteiger partial charge is 0.243 e. The lowest BCUT2D eigenvalue weighted by Crippen LogP contribution is -2.39. The number of benzene rings is 1. The molecule has 2 rings (SSSR count). The molecular formula is C13H17Cl2NO2S. The highest BCUT2D eigenvalue weighted by atomic mass is 35.5. The normalized spacial score (nSPS) is 21.6. The Morgan fingerprint density at radius 2 is 1.89 bits per heavy atom. The highest BCUT2D eigenvalue weighted by Gasteiger charge is 2.30. The number of hydrogen-bond acceptors (Lipinski definition) is 2. The van der Waals surface area contributed by atoms with Crippen LogP contribution in [-0.2, 0) is 10.0 Å². The molecule has 0 spiro atoms. The topological polar surface area (TPSA) is 37.4 Å². The average molecular weight is 322 g/mol. The van der Waals surface area contributed by atoms with Gasteiger partial charge in [-0.05, 0) is 43.4 Å². The third kappa shape index (κ3) is 3.07. The summed E-state index contributed by atoms with van der Waals surface area (Å²) < 4.78 is 26.8. The van der Waals surface area contributed by atoms with Gasteiger partial charge in [0.05, 0.1) is 14.9 Å². The van der Waals surface area contributed by atoms with Gasteiger partial charge in [-0.2, -0.15) is 4.31 Å². The van der Waals surface area contributed by atoms with Crippen molar-refractivity contribution in [2.75, 3.05) is 13.1 Å². The van der Waals surface area contributed by atoms with Gasteiger partial charge >= 0.3 is 0 Å². The van der Waals surface area contributed by atoms with E-state index in [0.29, 0.717) is 29.6 Å². The molecule has 0 aromatic heterocycles. The first-order valence-corrected chi connectivity index (χ1v) is 8.47. The Kier molecular flexibility index (Phi) is 4.45. The van der Waals surface area contributed by atoms with E-state index in [1.54, 1.807) is 17.3 Å². The molecule has 0 bridgehead atoms. The SMILES string of the molecule is Cc1cc(Cl)c(Cl)cc1S(=O)(=O)N1CCCC(C)C1. The quantitative estimate of drug-likeness (QED) is 0.832. The predicted octanol–water partition coefficient (Wildman–Crippen LogP) is 3.72. The van der Waals surface area contributed by atoms with Crippen LogP contribution in [0.25, 0.3) is 0 Å². The standard InChI is InChI=1S/C13H17Cl2NO2S/c1-9-4-3-5-16(8-9)19(17,18)13-7-12(15)11(14)6-10(13)2/h6-7,9H,3-5,8H2,1-2H3. The molecule has 0 saturated carbocycles. The van der Waals surface area contributed by atoms with Crippen molar-refractivity contribution in [1.29, 1.82) is 0 Å². The fourth-order valence-corrected chi connectivity index (χ4v) is 4.69. The van der Waals surface area contributed by atoms with Gasteiger partial charge in [-0.25, -0.2) is 8.42 Å². The molecule has 1 saturated heterocycles. The van der Waals surface area contributed by atoms with Crippen molar-refractivity contribution >= 4 is 33.2 Å². The highest BCUT2D eigenvalue weighted by Crippen LogP contribution is 2.31.